The number of rotatable bonds is 12. The molecule has 1 aromatic carbocycles. The topological polar surface area (TPSA) is 128 Å². The number of nitrogens with zero attached hydrogens (tertiary/aromatic N) is 2. The van der Waals surface area contributed by atoms with Crippen LogP contribution in [0, 0.1) is 20.8 Å². The van der Waals surface area contributed by atoms with Gasteiger partial charge in [-0.3, -0.25) is 0 Å². The van der Waals surface area contributed by atoms with Gasteiger partial charge < -0.3 is 23.8 Å². The first-order valence-electron chi connectivity index (χ1n) is 10.6. The minimum Gasteiger partial charge on any atom is -0.478 e. The normalized spacial score (nSPS) is 11.7. The number of aromatic carboxylic acids is 1. The van der Waals surface area contributed by atoms with E-state index in [1.54, 1.807) is 32.9 Å². The number of carboxylic acid groups (broad SMARTS) is 1. The summed E-state index contributed by atoms with van der Waals surface area (Å²) in [5, 5.41) is 13.4. The van der Waals surface area contributed by atoms with Gasteiger partial charge in [0.2, 0.25) is 0 Å². The highest BCUT2D eigenvalue weighted by atomic mass is 32.2. The van der Waals surface area contributed by atoms with Crippen molar-refractivity contribution in [3.05, 3.63) is 51.6 Å². The van der Waals surface area contributed by atoms with Crippen LogP contribution in [0.15, 0.2) is 33.0 Å². The maximum Gasteiger partial charge on any atom is 0.335 e. The van der Waals surface area contributed by atoms with E-state index >= 15 is 0 Å². The largest absolute Gasteiger partial charge is 0.478 e. The molecule has 0 saturated carbocycles. The first kappa shape index (κ1) is 26.8. The second-order valence-corrected chi connectivity index (χ2v) is 11.1. The van der Waals surface area contributed by atoms with E-state index in [0.29, 0.717) is 34.6 Å². The van der Waals surface area contributed by atoms with Crippen molar-refractivity contribution in [2.45, 2.75) is 31.6 Å². The van der Waals surface area contributed by atoms with Crippen LogP contribution in [0.3, 0.4) is 0 Å². The molecule has 12 heteroatoms. The molecule has 0 spiro atoms. The van der Waals surface area contributed by atoms with E-state index in [9.17, 15) is 18.3 Å². The molecule has 0 amide bonds. The summed E-state index contributed by atoms with van der Waals surface area (Å²) in [6.45, 7) is 5.52. The molecule has 3 aromatic rings. The number of hydrogen-bond donors (Lipinski definition) is 1. The van der Waals surface area contributed by atoms with Gasteiger partial charge in [-0.25, -0.2) is 17.5 Å². The summed E-state index contributed by atoms with van der Waals surface area (Å²) in [6, 6.07) is 6.29. The highest BCUT2D eigenvalue weighted by Crippen LogP contribution is 2.40. The van der Waals surface area contributed by atoms with Crippen molar-refractivity contribution in [3.8, 4) is 11.1 Å². The number of benzene rings is 1. The summed E-state index contributed by atoms with van der Waals surface area (Å²) in [4.78, 5) is 12.2. The van der Waals surface area contributed by atoms with Crippen molar-refractivity contribution in [2.75, 3.05) is 38.5 Å². The van der Waals surface area contributed by atoms with E-state index in [4.69, 9.17) is 18.7 Å². The Morgan fingerprint density at radius 3 is 2.46 bits per heavy atom. The molecule has 0 aliphatic carbocycles. The molecular weight excluding hydrogens is 496 g/mol. The fourth-order valence-corrected chi connectivity index (χ4v) is 6.50. The van der Waals surface area contributed by atoms with Gasteiger partial charge in [0.15, 0.2) is 5.82 Å². The lowest BCUT2D eigenvalue weighted by atomic mass is 9.99. The smallest absolute Gasteiger partial charge is 0.335 e. The standard InChI is InChI=1S/C23H28N2O8S2/c1-14-10-20(19-7-6-17(22(26)27)11-18(19)12-31-5)23(34-14)35(28,29)25(13-32-9-8-30-4)21-15(2)16(3)33-24-21/h6-7,10-11H,8-9,12-13H2,1-5H3,(H,26,27). The number of carboxylic acids is 1. The molecule has 0 unspecified atom stereocenters. The number of sulfonamides is 1. The van der Waals surface area contributed by atoms with Crippen LogP contribution >= 0.6 is 11.3 Å². The predicted molar refractivity (Wildman–Crippen MR) is 131 cm³/mol. The molecule has 3 rings (SSSR count). The molecule has 0 aliphatic rings. The molecule has 2 heterocycles. The van der Waals surface area contributed by atoms with Crippen molar-refractivity contribution < 1.29 is 37.1 Å². The summed E-state index contributed by atoms with van der Waals surface area (Å²) >= 11 is 1.11. The highest BCUT2D eigenvalue weighted by Gasteiger charge is 2.34. The van der Waals surface area contributed by atoms with Gasteiger partial charge in [-0.2, -0.15) is 0 Å². The molecule has 10 nitrogen and oxygen atoms in total. The molecule has 35 heavy (non-hydrogen) atoms. The molecule has 0 atom stereocenters. The number of aromatic nitrogens is 1. The van der Waals surface area contributed by atoms with Crippen LogP contribution in [-0.4, -0.2) is 58.8 Å². The van der Waals surface area contributed by atoms with E-state index in [1.165, 1.54) is 26.4 Å². The number of thiophene rings is 1. The molecule has 0 saturated heterocycles. The minimum absolute atomic E-state index is 0.0748. The average Bonchev–Trinajstić information content (AvgIpc) is 3.36. The third kappa shape index (κ3) is 5.73. The van der Waals surface area contributed by atoms with Crippen molar-refractivity contribution in [2.24, 2.45) is 0 Å². The zero-order valence-corrected chi connectivity index (χ0v) is 21.8. The summed E-state index contributed by atoms with van der Waals surface area (Å²) in [5.74, 6) is -0.457. The Bertz CT molecular complexity index is 1300. The van der Waals surface area contributed by atoms with Gasteiger partial charge in [-0.1, -0.05) is 11.2 Å². The Labute approximate surface area is 208 Å². The molecule has 2 aromatic heterocycles. The summed E-state index contributed by atoms with van der Waals surface area (Å²) in [6.07, 6.45) is 0. The average molecular weight is 525 g/mol. The molecule has 0 bridgehead atoms. The van der Waals surface area contributed by atoms with Crippen LogP contribution in [-0.2, 0) is 30.8 Å². The summed E-state index contributed by atoms with van der Waals surface area (Å²) < 4.78 is 50.3. The third-order valence-corrected chi connectivity index (χ3v) is 8.57. The van der Waals surface area contributed by atoms with Gasteiger partial charge in [-0.05, 0) is 50.1 Å². The van der Waals surface area contributed by atoms with Crippen molar-refractivity contribution in [1.82, 2.24) is 5.16 Å². The van der Waals surface area contributed by atoms with E-state index in [-0.39, 0.29) is 35.5 Å². The van der Waals surface area contributed by atoms with E-state index in [0.717, 1.165) is 20.5 Å². The van der Waals surface area contributed by atoms with Gasteiger partial charge in [0.1, 0.15) is 16.7 Å². The lowest BCUT2D eigenvalue weighted by Crippen LogP contribution is -2.34. The van der Waals surface area contributed by atoms with E-state index < -0.39 is 16.0 Å². The first-order valence-corrected chi connectivity index (χ1v) is 12.9. The van der Waals surface area contributed by atoms with Gasteiger partial charge >= 0.3 is 5.97 Å². The van der Waals surface area contributed by atoms with Gasteiger partial charge in [-0.15, -0.1) is 11.3 Å². The quantitative estimate of drug-likeness (QED) is 0.276. The van der Waals surface area contributed by atoms with Crippen molar-refractivity contribution in [1.29, 1.82) is 0 Å². The molecule has 0 aliphatic heterocycles. The predicted octanol–water partition coefficient (Wildman–Crippen LogP) is 3.99. The van der Waals surface area contributed by atoms with Gasteiger partial charge in [0.05, 0.1) is 25.4 Å². The molecule has 190 valence electrons. The van der Waals surface area contributed by atoms with Crippen LogP contribution < -0.4 is 4.31 Å². The Hall–Kier alpha value is -2.77. The fraction of sp³-hybridized carbons (Fsp3) is 0.391. The Kier molecular flexibility index (Phi) is 8.67. The number of carbonyl (C=O) groups is 1. The second-order valence-electron chi connectivity index (χ2n) is 7.74. The van der Waals surface area contributed by atoms with Crippen LogP contribution in [0.5, 0.6) is 0 Å². The van der Waals surface area contributed by atoms with Crippen molar-refractivity contribution >= 4 is 33.1 Å². The van der Waals surface area contributed by atoms with Crippen LogP contribution in [0.1, 0.15) is 32.1 Å². The Balaban J connectivity index is 2.15. The van der Waals surface area contributed by atoms with Crippen LogP contribution in [0.2, 0.25) is 0 Å². The molecule has 1 N–H and O–H groups in total. The lowest BCUT2D eigenvalue weighted by Gasteiger charge is -2.22. The number of ether oxygens (including phenoxy) is 3. The maximum absolute atomic E-state index is 14.0. The zero-order valence-electron chi connectivity index (χ0n) is 20.2. The number of aryl methyl sites for hydroxylation is 2. The highest BCUT2D eigenvalue weighted by molar-refractivity contribution is 7.95. The number of methoxy groups -OCH3 is 2. The Morgan fingerprint density at radius 1 is 1.11 bits per heavy atom. The molecule has 0 radical (unpaired) electrons. The second kappa shape index (κ2) is 11.3. The van der Waals surface area contributed by atoms with Crippen LogP contribution in [0.4, 0.5) is 5.82 Å². The maximum atomic E-state index is 14.0. The fourth-order valence-electron chi connectivity index (χ4n) is 3.41. The van der Waals surface area contributed by atoms with Crippen molar-refractivity contribution in [3.63, 3.8) is 0 Å². The lowest BCUT2D eigenvalue weighted by molar-refractivity contribution is 0.0696. The first-order chi connectivity index (χ1) is 16.6. The zero-order chi connectivity index (χ0) is 25.8. The van der Waals surface area contributed by atoms with E-state index in [1.807, 2.05) is 0 Å². The summed E-state index contributed by atoms with van der Waals surface area (Å²) in [7, 11) is -1.15. The number of hydrogen-bond acceptors (Lipinski definition) is 9. The summed E-state index contributed by atoms with van der Waals surface area (Å²) in [5.41, 5.74) is 2.21. The Morgan fingerprint density at radius 2 is 1.86 bits per heavy atom. The minimum atomic E-state index is -4.16. The third-order valence-electron chi connectivity index (χ3n) is 5.30. The SMILES string of the molecule is COCCOCN(c1noc(C)c1C)S(=O)(=O)c1sc(C)cc1-c1ccc(C(=O)O)cc1COC. The monoisotopic (exact) mass is 524 g/mol. The van der Waals surface area contributed by atoms with E-state index in [2.05, 4.69) is 5.16 Å². The number of anilines is 1. The van der Waals surface area contributed by atoms with Gasteiger partial charge in [0.25, 0.3) is 10.0 Å². The van der Waals surface area contributed by atoms with Gasteiger partial charge in [0, 0.05) is 30.2 Å². The van der Waals surface area contributed by atoms with Crippen LogP contribution in [0.25, 0.3) is 11.1 Å². The molecular formula is C23H28N2O8S2. The molecule has 0 fully saturated rings.